The topological polar surface area (TPSA) is 44.7 Å². The van der Waals surface area contributed by atoms with Crippen molar-refractivity contribution in [1.82, 2.24) is 0 Å². The zero-order valence-corrected chi connectivity index (χ0v) is 5.07. The van der Waals surface area contributed by atoms with Crippen molar-refractivity contribution >= 4 is 11.2 Å². The van der Waals surface area contributed by atoms with E-state index >= 15 is 0 Å². The molecule has 0 bridgehead atoms. The maximum atomic E-state index is 8.95. The van der Waals surface area contributed by atoms with E-state index in [0.717, 1.165) is 0 Å². The molecule has 1 N–H and O–H groups in total. The van der Waals surface area contributed by atoms with Gasteiger partial charge in [-0.25, -0.2) is 0 Å². The first kappa shape index (κ1) is 5.29. The molecule has 1 heterocycles. The summed E-state index contributed by atoms with van der Waals surface area (Å²) in [4.78, 5) is 0. The van der Waals surface area contributed by atoms with Crippen LogP contribution in [0.2, 0.25) is 0 Å². The van der Waals surface area contributed by atoms with Gasteiger partial charge < -0.3 is 5.11 Å². The molecular formula is C7H5O3+. The highest BCUT2D eigenvalue weighted by Crippen LogP contribution is 2.19. The summed E-state index contributed by atoms with van der Waals surface area (Å²) in [6.45, 7) is 1.23. The Labute approximate surface area is 56.5 Å². The van der Waals surface area contributed by atoms with Gasteiger partial charge in [-0.15, -0.1) is 0 Å². The van der Waals surface area contributed by atoms with Crippen LogP contribution in [0.15, 0.2) is 33.5 Å². The molecule has 50 valence electrons. The Kier molecular flexibility index (Phi) is 0.917. The molecule has 10 heavy (non-hydrogen) atoms. The molecule has 2 rings (SSSR count). The Morgan fingerprint density at radius 2 is 2.30 bits per heavy atom. The van der Waals surface area contributed by atoms with Gasteiger partial charge in [0, 0.05) is 6.07 Å². The van der Waals surface area contributed by atoms with Gasteiger partial charge in [-0.2, -0.15) is 0 Å². The van der Waals surface area contributed by atoms with Crippen molar-refractivity contribution in [1.29, 1.82) is 0 Å². The first-order valence-corrected chi connectivity index (χ1v) is 2.84. The summed E-state index contributed by atoms with van der Waals surface area (Å²) in [5.41, 5.74) is 1.19. The Hall–Kier alpha value is -1.51. The SMILES string of the molecule is Oc1ccc2[o+]coc2c1. The smallest absolute Gasteiger partial charge is 0.485 e. The Balaban J connectivity index is 2.86. The highest BCUT2D eigenvalue weighted by atomic mass is 16.5. The van der Waals surface area contributed by atoms with Crippen molar-refractivity contribution in [3.05, 3.63) is 24.7 Å². The van der Waals surface area contributed by atoms with Crippen molar-refractivity contribution < 1.29 is 13.9 Å². The standard InChI is InChI=1S/C7H4O3/c8-5-1-2-6-7(3-5)10-4-9-6/h1-4H/p+1. The highest BCUT2D eigenvalue weighted by Gasteiger charge is 2.08. The van der Waals surface area contributed by atoms with E-state index in [4.69, 9.17) is 13.9 Å². The zero-order chi connectivity index (χ0) is 6.97. The van der Waals surface area contributed by atoms with Gasteiger partial charge in [0.25, 0.3) is 0 Å². The number of phenols is 1. The van der Waals surface area contributed by atoms with Gasteiger partial charge in [-0.3, -0.25) is 8.83 Å². The van der Waals surface area contributed by atoms with Gasteiger partial charge in [0.1, 0.15) is 5.75 Å². The largest absolute Gasteiger partial charge is 0.508 e. The second kappa shape index (κ2) is 1.73. The normalized spacial score (nSPS) is 10.4. The van der Waals surface area contributed by atoms with Crippen molar-refractivity contribution in [2.24, 2.45) is 0 Å². The molecule has 2 aromatic rings. The maximum Gasteiger partial charge on any atom is 0.485 e. The van der Waals surface area contributed by atoms with Crippen LogP contribution in [0.4, 0.5) is 0 Å². The molecule has 0 aliphatic rings. The quantitative estimate of drug-likeness (QED) is 0.565. The summed E-state index contributed by atoms with van der Waals surface area (Å²) >= 11 is 0. The van der Waals surface area contributed by atoms with Gasteiger partial charge in [0.2, 0.25) is 0 Å². The number of hydrogen-bond acceptors (Lipinski definition) is 2. The van der Waals surface area contributed by atoms with Crippen LogP contribution in [0.25, 0.3) is 11.2 Å². The van der Waals surface area contributed by atoms with Crippen LogP contribution in [0.5, 0.6) is 5.75 Å². The average molecular weight is 137 g/mol. The molecule has 3 nitrogen and oxygen atoms in total. The fourth-order valence-electron chi connectivity index (χ4n) is 0.814. The van der Waals surface area contributed by atoms with Crippen LogP contribution in [0.1, 0.15) is 0 Å². The summed E-state index contributed by atoms with van der Waals surface area (Å²) < 4.78 is 9.77. The van der Waals surface area contributed by atoms with Gasteiger partial charge in [0.15, 0.2) is 0 Å². The van der Waals surface area contributed by atoms with Gasteiger partial charge >= 0.3 is 17.6 Å². The molecule has 0 spiro atoms. The first-order valence-electron chi connectivity index (χ1n) is 2.84. The fraction of sp³-hybridized carbons (Fsp3) is 0. The Morgan fingerprint density at radius 3 is 3.20 bits per heavy atom. The third-order valence-corrected chi connectivity index (χ3v) is 1.28. The van der Waals surface area contributed by atoms with Crippen LogP contribution < -0.4 is 0 Å². The van der Waals surface area contributed by atoms with Crippen molar-refractivity contribution in [2.75, 3.05) is 0 Å². The molecule has 3 heteroatoms. The number of benzene rings is 1. The molecule has 1 aromatic carbocycles. The van der Waals surface area contributed by atoms with E-state index in [1.807, 2.05) is 0 Å². The average Bonchev–Trinajstić information content (AvgIpc) is 2.33. The van der Waals surface area contributed by atoms with Crippen molar-refractivity contribution in [3.63, 3.8) is 0 Å². The van der Waals surface area contributed by atoms with Crippen LogP contribution in [-0.2, 0) is 0 Å². The maximum absolute atomic E-state index is 8.95. The minimum atomic E-state index is 0.178. The second-order valence-corrected chi connectivity index (χ2v) is 1.96. The lowest BCUT2D eigenvalue weighted by Crippen LogP contribution is -1.62. The van der Waals surface area contributed by atoms with Crippen LogP contribution in [0, 0.1) is 0 Å². The molecule has 0 unspecified atom stereocenters. The summed E-state index contributed by atoms with van der Waals surface area (Å²) in [6, 6.07) is 4.69. The number of hydrogen-bond donors (Lipinski definition) is 1. The minimum absolute atomic E-state index is 0.178. The molecule has 0 aliphatic heterocycles. The molecular weight excluding hydrogens is 132 g/mol. The van der Waals surface area contributed by atoms with E-state index < -0.39 is 0 Å². The minimum Gasteiger partial charge on any atom is -0.508 e. The van der Waals surface area contributed by atoms with E-state index in [-0.39, 0.29) is 5.75 Å². The lowest BCUT2D eigenvalue weighted by atomic mass is 10.3. The van der Waals surface area contributed by atoms with Crippen molar-refractivity contribution in [2.45, 2.75) is 0 Å². The fourth-order valence-corrected chi connectivity index (χ4v) is 0.814. The van der Waals surface area contributed by atoms with Gasteiger partial charge in [0.05, 0.1) is 6.07 Å². The molecule has 0 saturated carbocycles. The summed E-state index contributed by atoms with van der Waals surface area (Å²) in [7, 11) is 0. The van der Waals surface area contributed by atoms with Crippen LogP contribution in [-0.4, -0.2) is 5.11 Å². The lowest BCUT2D eigenvalue weighted by Gasteiger charge is -1.81. The predicted octanol–water partition coefficient (Wildman–Crippen LogP) is 2.01. The van der Waals surface area contributed by atoms with Crippen LogP contribution >= 0.6 is 0 Å². The summed E-state index contributed by atoms with van der Waals surface area (Å²) in [6.07, 6.45) is 0. The monoisotopic (exact) mass is 137 g/mol. The summed E-state index contributed by atoms with van der Waals surface area (Å²) in [5.74, 6) is 0.178. The molecule has 0 aliphatic carbocycles. The van der Waals surface area contributed by atoms with E-state index in [2.05, 4.69) is 0 Å². The number of phenolic OH excluding ortho intramolecular Hbond substituents is 1. The number of fused-ring (bicyclic) bond motifs is 1. The molecule has 0 atom stereocenters. The molecule has 0 fully saturated rings. The van der Waals surface area contributed by atoms with Gasteiger partial charge in [-0.1, -0.05) is 0 Å². The third kappa shape index (κ3) is 0.639. The molecule has 0 saturated heterocycles. The Bertz CT molecular complexity index is 350. The third-order valence-electron chi connectivity index (χ3n) is 1.28. The van der Waals surface area contributed by atoms with E-state index in [0.29, 0.717) is 11.2 Å². The molecule has 0 radical (unpaired) electrons. The number of aromatic hydroxyl groups is 1. The van der Waals surface area contributed by atoms with E-state index in [9.17, 15) is 0 Å². The van der Waals surface area contributed by atoms with E-state index in [1.165, 1.54) is 12.5 Å². The van der Waals surface area contributed by atoms with Gasteiger partial charge in [-0.05, 0) is 6.07 Å². The molecule has 0 amide bonds. The summed E-state index contributed by atoms with van der Waals surface area (Å²) in [5, 5.41) is 8.95. The highest BCUT2D eigenvalue weighted by molar-refractivity contribution is 5.71. The molecule has 1 aromatic heterocycles. The Morgan fingerprint density at radius 1 is 1.40 bits per heavy atom. The second-order valence-electron chi connectivity index (χ2n) is 1.96. The van der Waals surface area contributed by atoms with Crippen LogP contribution in [0.3, 0.4) is 0 Å². The predicted molar refractivity (Wildman–Crippen MR) is 34.6 cm³/mol. The zero-order valence-electron chi connectivity index (χ0n) is 5.07. The van der Waals surface area contributed by atoms with Crippen molar-refractivity contribution in [3.8, 4) is 5.75 Å². The number of rotatable bonds is 0. The first-order chi connectivity index (χ1) is 4.86. The lowest BCUT2D eigenvalue weighted by molar-refractivity contribution is 0.465. The van der Waals surface area contributed by atoms with E-state index in [1.54, 1.807) is 12.1 Å².